The second kappa shape index (κ2) is 6.25. The van der Waals surface area contributed by atoms with Crippen molar-refractivity contribution >= 4 is 17.6 Å². The molecule has 0 fully saturated rings. The van der Waals surface area contributed by atoms with Crippen LogP contribution in [-0.4, -0.2) is 18.2 Å². The van der Waals surface area contributed by atoms with Gasteiger partial charge in [-0.2, -0.15) is 0 Å². The fourth-order valence-corrected chi connectivity index (χ4v) is 3.71. The Labute approximate surface area is 140 Å². The average molecular weight is 331 g/mol. The van der Waals surface area contributed by atoms with Crippen LogP contribution >= 0.6 is 11.6 Å². The molecule has 3 nitrogen and oxygen atoms in total. The van der Waals surface area contributed by atoms with Gasteiger partial charge >= 0.3 is 5.97 Å². The van der Waals surface area contributed by atoms with Gasteiger partial charge in [-0.15, -0.1) is 0 Å². The maximum Gasteiger partial charge on any atom is 0.316 e. The SMILES string of the molecule is COC(=O)C1(Cc2ccc(Cl)cc2)CCCc2cc(O)ccc21. The highest BCUT2D eigenvalue weighted by Gasteiger charge is 2.44. The second-order valence-corrected chi connectivity index (χ2v) is 6.51. The van der Waals surface area contributed by atoms with E-state index in [1.54, 1.807) is 12.1 Å². The summed E-state index contributed by atoms with van der Waals surface area (Å²) in [4.78, 5) is 12.7. The highest BCUT2D eigenvalue weighted by atomic mass is 35.5. The van der Waals surface area contributed by atoms with E-state index in [9.17, 15) is 9.90 Å². The van der Waals surface area contributed by atoms with Crippen molar-refractivity contribution in [3.8, 4) is 5.75 Å². The molecular formula is C19H19ClO3. The Balaban J connectivity index is 2.08. The first kappa shape index (κ1) is 15.9. The van der Waals surface area contributed by atoms with Gasteiger partial charge in [-0.1, -0.05) is 29.8 Å². The van der Waals surface area contributed by atoms with E-state index in [0.717, 1.165) is 36.0 Å². The van der Waals surface area contributed by atoms with Crippen LogP contribution in [0.25, 0.3) is 0 Å². The molecule has 0 radical (unpaired) electrons. The third-order valence-corrected chi connectivity index (χ3v) is 4.90. The van der Waals surface area contributed by atoms with Crippen molar-refractivity contribution in [2.45, 2.75) is 31.1 Å². The zero-order chi connectivity index (χ0) is 16.4. The first-order chi connectivity index (χ1) is 11.0. The predicted octanol–water partition coefficient (Wildman–Crippen LogP) is 4.04. The number of hydrogen-bond donors (Lipinski definition) is 1. The molecule has 23 heavy (non-hydrogen) atoms. The fraction of sp³-hybridized carbons (Fsp3) is 0.316. The van der Waals surface area contributed by atoms with Crippen molar-refractivity contribution in [2.24, 2.45) is 0 Å². The summed E-state index contributed by atoms with van der Waals surface area (Å²) in [6.07, 6.45) is 3.05. The van der Waals surface area contributed by atoms with Crippen LogP contribution in [0.3, 0.4) is 0 Å². The van der Waals surface area contributed by atoms with E-state index in [2.05, 4.69) is 0 Å². The van der Waals surface area contributed by atoms with E-state index < -0.39 is 5.41 Å². The lowest BCUT2D eigenvalue weighted by atomic mass is 9.66. The van der Waals surface area contributed by atoms with Gasteiger partial charge in [0.05, 0.1) is 12.5 Å². The summed E-state index contributed by atoms with van der Waals surface area (Å²) in [5, 5.41) is 10.4. The third kappa shape index (κ3) is 2.93. The molecule has 1 aliphatic rings. The summed E-state index contributed by atoms with van der Waals surface area (Å²) in [5.41, 5.74) is 2.32. The van der Waals surface area contributed by atoms with E-state index in [4.69, 9.17) is 16.3 Å². The van der Waals surface area contributed by atoms with Crippen LogP contribution in [0.5, 0.6) is 5.75 Å². The number of aromatic hydroxyl groups is 1. The quantitative estimate of drug-likeness (QED) is 0.864. The van der Waals surface area contributed by atoms with E-state index in [0.29, 0.717) is 11.4 Å². The molecule has 0 heterocycles. The number of carbonyl (C=O) groups is 1. The van der Waals surface area contributed by atoms with Crippen molar-refractivity contribution in [3.05, 3.63) is 64.2 Å². The summed E-state index contributed by atoms with van der Waals surface area (Å²) >= 11 is 5.96. The topological polar surface area (TPSA) is 46.5 Å². The molecule has 1 atom stereocenters. The minimum absolute atomic E-state index is 0.223. The molecule has 3 rings (SSSR count). The molecule has 0 aliphatic heterocycles. The Morgan fingerprint density at radius 1 is 1.26 bits per heavy atom. The number of benzene rings is 2. The van der Waals surface area contributed by atoms with Crippen molar-refractivity contribution < 1.29 is 14.6 Å². The van der Waals surface area contributed by atoms with Crippen LogP contribution in [0.1, 0.15) is 29.5 Å². The number of phenolic OH excluding ortho intramolecular Hbond substituents is 1. The van der Waals surface area contributed by atoms with Crippen molar-refractivity contribution in [3.63, 3.8) is 0 Å². The van der Waals surface area contributed by atoms with Crippen LogP contribution in [0.15, 0.2) is 42.5 Å². The zero-order valence-corrected chi connectivity index (χ0v) is 13.8. The molecule has 0 saturated carbocycles. The standard InChI is InChI=1S/C19H19ClO3/c1-23-18(22)19(12-13-4-6-15(20)7-5-13)10-2-3-14-11-16(21)8-9-17(14)19/h4-9,11,21H,2-3,10,12H2,1H3. The Morgan fingerprint density at radius 3 is 2.70 bits per heavy atom. The van der Waals surface area contributed by atoms with Crippen molar-refractivity contribution in [2.75, 3.05) is 7.11 Å². The van der Waals surface area contributed by atoms with Crippen molar-refractivity contribution in [1.29, 1.82) is 0 Å². The number of esters is 1. The number of carbonyl (C=O) groups excluding carboxylic acids is 1. The lowest BCUT2D eigenvalue weighted by Crippen LogP contribution is -2.42. The first-order valence-corrected chi connectivity index (χ1v) is 8.08. The number of halogens is 1. The molecule has 1 aliphatic carbocycles. The Morgan fingerprint density at radius 2 is 2.00 bits per heavy atom. The van der Waals surface area contributed by atoms with Gasteiger partial charge in [0.15, 0.2) is 0 Å². The Kier molecular flexibility index (Phi) is 4.31. The summed E-state index contributed by atoms with van der Waals surface area (Å²) in [7, 11) is 1.43. The summed E-state index contributed by atoms with van der Waals surface area (Å²) in [5.74, 6) is 0.00926. The van der Waals surface area contributed by atoms with Crippen LogP contribution < -0.4 is 0 Å². The summed E-state index contributed by atoms with van der Waals surface area (Å²) < 4.78 is 5.15. The maximum absolute atomic E-state index is 12.7. The van der Waals surface area contributed by atoms with Gasteiger partial charge in [0.1, 0.15) is 5.75 Å². The minimum Gasteiger partial charge on any atom is -0.508 e. The van der Waals surface area contributed by atoms with E-state index >= 15 is 0 Å². The Hall–Kier alpha value is -2.00. The first-order valence-electron chi connectivity index (χ1n) is 7.70. The van der Waals surface area contributed by atoms with Gasteiger partial charge in [-0.3, -0.25) is 4.79 Å². The molecule has 1 N–H and O–H groups in total. The lowest BCUT2D eigenvalue weighted by molar-refractivity contribution is -0.148. The molecule has 2 aromatic carbocycles. The number of fused-ring (bicyclic) bond motifs is 1. The third-order valence-electron chi connectivity index (χ3n) is 4.65. The molecule has 2 aromatic rings. The Bertz CT molecular complexity index is 724. The number of rotatable bonds is 3. The number of hydrogen-bond acceptors (Lipinski definition) is 3. The smallest absolute Gasteiger partial charge is 0.316 e. The predicted molar refractivity (Wildman–Crippen MR) is 89.9 cm³/mol. The normalized spacial score (nSPS) is 19.9. The van der Waals surface area contributed by atoms with E-state index in [1.165, 1.54) is 7.11 Å². The monoisotopic (exact) mass is 330 g/mol. The zero-order valence-electron chi connectivity index (χ0n) is 13.0. The van der Waals surface area contributed by atoms with Crippen LogP contribution in [0.4, 0.5) is 0 Å². The maximum atomic E-state index is 12.7. The van der Waals surface area contributed by atoms with Crippen LogP contribution in [-0.2, 0) is 27.8 Å². The lowest BCUT2D eigenvalue weighted by Gasteiger charge is -2.37. The minimum atomic E-state index is -0.705. The molecule has 0 spiro atoms. The number of aryl methyl sites for hydroxylation is 1. The van der Waals surface area contributed by atoms with Gasteiger partial charge in [0, 0.05) is 5.02 Å². The number of methoxy groups -OCH3 is 1. The number of ether oxygens (including phenoxy) is 1. The van der Waals surface area contributed by atoms with Gasteiger partial charge in [-0.25, -0.2) is 0 Å². The molecule has 4 heteroatoms. The molecule has 0 bridgehead atoms. The van der Waals surface area contributed by atoms with E-state index in [1.807, 2.05) is 30.3 Å². The second-order valence-electron chi connectivity index (χ2n) is 6.07. The fourth-order valence-electron chi connectivity index (χ4n) is 3.58. The van der Waals surface area contributed by atoms with Gasteiger partial charge in [0.25, 0.3) is 0 Å². The molecule has 0 aromatic heterocycles. The summed E-state index contributed by atoms with van der Waals surface area (Å²) in [6.45, 7) is 0. The highest BCUT2D eigenvalue weighted by molar-refractivity contribution is 6.30. The molecule has 120 valence electrons. The van der Waals surface area contributed by atoms with Crippen LogP contribution in [0, 0.1) is 0 Å². The largest absolute Gasteiger partial charge is 0.508 e. The van der Waals surface area contributed by atoms with Crippen molar-refractivity contribution in [1.82, 2.24) is 0 Å². The molecular weight excluding hydrogens is 312 g/mol. The molecule has 0 amide bonds. The van der Waals surface area contributed by atoms with E-state index in [-0.39, 0.29) is 11.7 Å². The van der Waals surface area contributed by atoms with Gasteiger partial charge < -0.3 is 9.84 Å². The molecule has 1 unspecified atom stereocenters. The van der Waals surface area contributed by atoms with Gasteiger partial charge in [-0.05, 0) is 66.6 Å². The number of phenols is 1. The highest BCUT2D eigenvalue weighted by Crippen LogP contribution is 2.42. The molecule has 0 saturated heterocycles. The average Bonchev–Trinajstić information content (AvgIpc) is 2.56. The van der Waals surface area contributed by atoms with Crippen LogP contribution in [0.2, 0.25) is 5.02 Å². The van der Waals surface area contributed by atoms with Gasteiger partial charge in [0.2, 0.25) is 0 Å². The summed E-state index contributed by atoms with van der Waals surface area (Å²) in [6, 6.07) is 12.8.